The Kier molecular flexibility index (Phi) is 4.66. The molecule has 3 heteroatoms. The maximum atomic E-state index is 12.5. The molecular weight excluding hydrogens is 253 g/mol. The van der Waals surface area contributed by atoms with Crippen LogP contribution < -0.4 is 5.32 Å². The molecule has 0 aromatic heterocycles. The van der Waals surface area contributed by atoms with E-state index in [1.165, 1.54) is 12.1 Å². The minimum Gasteiger partial charge on any atom is -0.381 e. The van der Waals surface area contributed by atoms with Gasteiger partial charge >= 0.3 is 6.04 Å². The van der Waals surface area contributed by atoms with Crippen molar-refractivity contribution in [1.29, 1.82) is 0 Å². The Bertz CT molecular complexity index is 603. The SMILES string of the molecule is C/C=C(\NCc1ccc(C(=O)F)cc1)c1ccccc1. The second-order valence-corrected chi connectivity index (χ2v) is 4.39. The molecule has 0 atom stereocenters. The van der Waals surface area contributed by atoms with Gasteiger partial charge in [0.2, 0.25) is 0 Å². The van der Waals surface area contributed by atoms with Crippen molar-refractivity contribution in [3.63, 3.8) is 0 Å². The van der Waals surface area contributed by atoms with Crippen LogP contribution in [0.25, 0.3) is 5.70 Å². The Morgan fingerprint density at radius 3 is 2.25 bits per heavy atom. The van der Waals surface area contributed by atoms with Crippen molar-refractivity contribution in [2.24, 2.45) is 0 Å². The second kappa shape index (κ2) is 6.66. The lowest BCUT2D eigenvalue weighted by atomic mass is 10.1. The molecular formula is C17H16FNO. The summed E-state index contributed by atoms with van der Waals surface area (Å²) in [7, 11) is 0. The van der Waals surface area contributed by atoms with Crippen LogP contribution >= 0.6 is 0 Å². The molecule has 0 saturated carbocycles. The van der Waals surface area contributed by atoms with Gasteiger partial charge in [-0.15, -0.1) is 0 Å². The lowest BCUT2D eigenvalue weighted by Gasteiger charge is -2.11. The molecule has 0 aliphatic carbocycles. The van der Waals surface area contributed by atoms with Crippen LogP contribution in [0.2, 0.25) is 0 Å². The van der Waals surface area contributed by atoms with E-state index in [1.807, 2.05) is 43.3 Å². The van der Waals surface area contributed by atoms with Crippen molar-refractivity contribution >= 4 is 11.7 Å². The topological polar surface area (TPSA) is 29.1 Å². The van der Waals surface area contributed by atoms with E-state index in [1.54, 1.807) is 12.1 Å². The molecule has 0 radical (unpaired) electrons. The highest BCUT2D eigenvalue weighted by Gasteiger charge is 2.03. The fourth-order valence-corrected chi connectivity index (χ4v) is 1.94. The summed E-state index contributed by atoms with van der Waals surface area (Å²) < 4.78 is 12.5. The van der Waals surface area contributed by atoms with Gasteiger partial charge < -0.3 is 5.32 Å². The smallest absolute Gasteiger partial charge is 0.332 e. The first-order chi connectivity index (χ1) is 9.70. The quantitative estimate of drug-likeness (QED) is 0.833. The molecule has 2 aromatic rings. The number of carbonyl (C=O) groups excluding carboxylic acids is 1. The molecule has 2 rings (SSSR count). The molecule has 102 valence electrons. The molecule has 0 bridgehead atoms. The highest BCUT2D eigenvalue weighted by atomic mass is 19.1. The van der Waals surface area contributed by atoms with Gasteiger partial charge in [0, 0.05) is 12.2 Å². The normalized spacial score (nSPS) is 11.2. The molecule has 0 amide bonds. The van der Waals surface area contributed by atoms with Gasteiger partial charge in [0.05, 0.1) is 5.56 Å². The van der Waals surface area contributed by atoms with Crippen molar-refractivity contribution < 1.29 is 9.18 Å². The first kappa shape index (κ1) is 14.0. The monoisotopic (exact) mass is 269 g/mol. The third-order valence-corrected chi connectivity index (χ3v) is 3.04. The van der Waals surface area contributed by atoms with Gasteiger partial charge in [0.15, 0.2) is 0 Å². The van der Waals surface area contributed by atoms with Gasteiger partial charge in [-0.2, -0.15) is 4.39 Å². The van der Waals surface area contributed by atoms with Crippen LogP contribution in [0.5, 0.6) is 0 Å². The Labute approximate surface area is 118 Å². The number of nitrogens with one attached hydrogen (secondary N) is 1. The molecule has 0 saturated heterocycles. The van der Waals surface area contributed by atoms with Crippen molar-refractivity contribution in [1.82, 2.24) is 5.32 Å². The minimum absolute atomic E-state index is 0.0862. The molecule has 2 nitrogen and oxygen atoms in total. The molecule has 20 heavy (non-hydrogen) atoms. The maximum Gasteiger partial charge on any atom is 0.332 e. The highest BCUT2D eigenvalue weighted by Crippen LogP contribution is 2.12. The van der Waals surface area contributed by atoms with Crippen LogP contribution in [0.4, 0.5) is 4.39 Å². The summed E-state index contributed by atoms with van der Waals surface area (Å²) in [4.78, 5) is 10.6. The van der Waals surface area contributed by atoms with E-state index >= 15 is 0 Å². The van der Waals surface area contributed by atoms with Gasteiger partial charge in [-0.25, -0.2) is 0 Å². The molecule has 0 aliphatic heterocycles. The molecule has 0 spiro atoms. The van der Waals surface area contributed by atoms with Crippen LogP contribution in [-0.2, 0) is 6.54 Å². The molecule has 0 fully saturated rings. The molecule has 0 unspecified atom stereocenters. The summed E-state index contributed by atoms with van der Waals surface area (Å²) in [5, 5.41) is 3.33. The Hall–Kier alpha value is -2.42. The standard InChI is InChI=1S/C17H16FNO/c1-2-16(14-6-4-3-5-7-14)19-12-13-8-10-15(11-9-13)17(18)20/h2-11,19H,12H2,1H3/b16-2-. The van der Waals surface area contributed by atoms with E-state index < -0.39 is 6.04 Å². The van der Waals surface area contributed by atoms with Crippen LogP contribution in [0.3, 0.4) is 0 Å². The van der Waals surface area contributed by atoms with Gasteiger partial charge in [0.1, 0.15) is 0 Å². The van der Waals surface area contributed by atoms with Crippen molar-refractivity contribution in [2.75, 3.05) is 0 Å². The number of benzene rings is 2. The zero-order valence-corrected chi connectivity index (χ0v) is 11.3. The summed E-state index contributed by atoms with van der Waals surface area (Å²) in [6.07, 6.45) is 2.01. The zero-order valence-electron chi connectivity index (χ0n) is 11.3. The third-order valence-electron chi connectivity index (χ3n) is 3.04. The van der Waals surface area contributed by atoms with Crippen LogP contribution in [0, 0.1) is 0 Å². The van der Waals surface area contributed by atoms with E-state index in [0.29, 0.717) is 6.54 Å². The highest BCUT2D eigenvalue weighted by molar-refractivity contribution is 5.88. The number of allylic oxidation sites excluding steroid dienone is 1. The van der Waals surface area contributed by atoms with Gasteiger partial charge in [-0.3, -0.25) is 4.79 Å². The van der Waals surface area contributed by atoms with Gasteiger partial charge in [-0.1, -0.05) is 48.5 Å². The largest absolute Gasteiger partial charge is 0.381 e. The number of halogens is 1. The summed E-state index contributed by atoms with van der Waals surface area (Å²) in [6.45, 7) is 2.59. The molecule has 0 heterocycles. The van der Waals surface area contributed by atoms with E-state index in [9.17, 15) is 9.18 Å². The molecule has 1 N–H and O–H groups in total. The molecule has 2 aromatic carbocycles. The van der Waals surface area contributed by atoms with E-state index in [-0.39, 0.29) is 5.56 Å². The number of hydrogen-bond donors (Lipinski definition) is 1. The Morgan fingerprint density at radius 1 is 1.05 bits per heavy atom. The van der Waals surface area contributed by atoms with Crippen LogP contribution in [0.1, 0.15) is 28.4 Å². The van der Waals surface area contributed by atoms with Crippen LogP contribution in [0.15, 0.2) is 60.7 Å². The average molecular weight is 269 g/mol. The average Bonchev–Trinajstić information content (AvgIpc) is 2.49. The summed E-state index contributed by atoms with van der Waals surface area (Å²) in [6, 6.07) is 15.1. The molecule has 0 aliphatic rings. The van der Waals surface area contributed by atoms with Crippen molar-refractivity contribution in [3.8, 4) is 0 Å². The van der Waals surface area contributed by atoms with Gasteiger partial charge in [0.25, 0.3) is 0 Å². The van der Waals surface area contributed by atoms with E-state index in [0.717, 1.165) is 16.8 Å². The lowest BCUT2D eigenvalue weighted by molar-refractivity contribution is 0.0836. The van der Waals surface area contributed by atoms with Crippen LogP contribution in [-0.4, -0.2) is 6.04 Å². The number of rotatable bonds is 5. The Balaban J connectivity index is 2.02. The summed E-state index contributed by atoms with van der Waals surface area (Å²) >= 11 is 0. The Morgan fingerprint density at radius 2 is 1.70 bits per heavy atom. The minimum atomic E-state index is -1.40. The first-order valence-electron chi connectivity index (χ1n) is 6.45. The first-order valence-corrected chi connectivity index (χ1v) is 6.45. The third kappa shape index (κ3) is 3.54. The fraction of sp³-hybridized carbons (Fsp3) is 0.118. The van der Waals surface area contributed by atoms with E-state index in [4.69, 9.17) is 0 Å². The lowest BCUT2D eigenvalue weighted by Crippen LogP contribution is -2.11. The summed E-state index contributed by atoms with van der Waals surface area (Å²) in [5.74, 6) is 0. The second-order valence-electron chi connectivity index (χ2n) is 4.39. The maximum absolute atomic E-state index is 12.5. The predicted octanol–water partition coefficient (Wildman–Crippen LogP) is 3.95. The number of carbonyl (C=O) groups is 1. The zero-order chi connectivity index (χ0) is 14.4. The fourth-order valence-electron chi connectivity index (χ4n) is 1.94. The number of hydrogen-bond acceptors (Lipinski definition) is 2. The van der Waals surface area contributed by atoms with E-state index in [2.05, 4.69) is 5.32 Å². The summed E-state index contributed by atoms with van der Waals surface area (Å²) in [5.41, 5.74) is 3.23. The van der Waals surface area contributed by atoms with Crippen molar-refractivity contribution in [2.45, 2.75) is 13.5 Å². The van der Waals surface area contributed by atoms with Gasteiger partial charge in [-0.05, 0) is 30.2 Å². The predicted molar refractivity (Wildman–Crippen MR) is 78.8 cm³/mol. The van der Waals surface area contributed by atoms with Crippen molar-refractivity contribution in [3.05, 3.63) is 77.4 Å².